The van der Waals surface area contributed by atoms with Crippen LogP contribution in [0.3, 0.4) is 0 Å². The molecule has 150 valence electrons. The molecule has 0 spiro atoms. The van der Waals surface area contributed by atoms with E-state index in [0.717, 1.165) is 12.8 Å². The first-order valence-electron chi connectivity index (χ1n) is 9.46. The highest BCUT2D eigenvalue weighted by atomic mass is 19.4. The first kappa shape index (κ1) is 18.2. The van der Waals surface area contributed by atoms with Gasteiger partial charge >= 0.3 is 6.18 Å². The molecule has 0 saturated carbocycles. The summed E-state index contributed by atoms with van der Waals surface area (Å²) < 4.78 is 55.4. The number of hydrogen-bond donors (Lipinski definition) is 0. The summed E-state index contributed by atoms with van der Waals surface area (Å²) in [5.41, 5.74) is 0.454. The van der Waals surface area contributed by atoms with Gasteiger partial charge in [0.1, 0.15) is 16.9 Å². The number of nitrogens with zero attached hydrogens (tertiary/aromatic N) is 3. The van der Waals surface area contributed by atoms with E-state index in [4.69, 9.17) is 9.15 Å². The van der Waals surface area contributed by atoms with Gasteiger partial charge in [-0.05, 0) is 44.0 Å². The van der Waals surface area contributed by atoms with E-state index in [9.17, 15) is 13.2 Å². The van der Waals surface area contributed by atoms with Crippen molar-refractivity contribution in [1.82, 2.24) is 14.5 Å². The largest absolute Gasteiger partial charge is 0.436 e. The maximum Gasteiger partial charge on any atom is 0.419 e. The first-order valence-corrected chi connectivity index (χ1v) is 9.46. The average molecular weight is 401 g/mol. The number of aromatic nitrogens is 3. The lowest BCUT2D eigenvalue weighted by molar-refractivity contribution is -0.136. The fourth-order valence-corrected chi connectivity index (χ4v) is 4.13. The van der Waals surface area contributed by atoms with Crippen molar-refractivity contribution in [3.05, 3.63) is 47.8 Å². The summed E-state index contributed by atoms with van der Waals surface area (Å²) in [5.74, 6) is 0.505. The monoisotopic (exact) mass is 401 g/mol. The summed E-state index contributed by atoms with van der Waals surface area (Å²) in [6.07, 6.45) is -3.10. The molecule has 3 heterocycles. The Bertz CT molecular complexity index is 1170. The van der Waals surface area contributed by atoms with E-state index in [1.54, 1.807) is 37.3 Å². The Morgan fingerprint density at radius 2 is 1.79 bits per heavy atom. The number of hydrogen-bond acceptors (Lipinski definition) is 4. The molecule has 2 aromatic carbocycles. The van der Waals surface area contributed by atoms with Crippen LogP contribution in [-0.2, 0) is 10.9 Å². The van der Waals surface area contributed by atoms with Crippen LogP contribution >= 0.6 is 0 Å². The summed E-state index contributed by atoms with van der Waals surface area (Å²) in [7, 11) is 0. The molecular weight excluding hydrogens is 383 g/mol. The zero-order valence-electron chi connectivity index (χ0n) is 15.7. The lowest BCUT2D eigenvalue weighted by Crippen LogP contribution is -2.20. The van der Waals surface area contributed by atoms with Gasteiger partial charge in [-0.15, -0.1) is 0 Å². The van der Waals surface area contributed by atoms with Crippen LogP contribution in [0.2, 0.25) is 0 Å². The van der Waals surface area contributed by atoms with Gasteiger partial charge in [-0.25, -0.2) is 9.97 Å². The second-order valence-corrected chi connectivity index (χ2v) is 7.21. The predicted octanol–water partition coefficient (Wildman–Crippen LogP) is 5.52. The molecule has 0 bridgehead atoms. The molecule has 0 amide bonds. The summed E-state index contributed by atoms with van der Waals surface area (Å²) in [5, 5.41) is 0. The van der Waals surface area contributed by atoms with E-state index in [1.807, 2.05) is 4.57 Å². The maximum absolute atomic E-state index is 14.2. The number of para-hydroxylation sites is 2. The van der Waals surface area contributed by atoms with E-state index in [2.05, 4.69) is 9.97 Å². The van der Waals surface area contributed by atoms with Crippen molar-refractivity contribution in [2.24, 2.45) is 0 Å². The topological polar surface area (TPSA) is 53.1 Å². The van der Waals surface area contributed by atoms with Crippen LogP contribution in [-0.4, -0.2) is 27.7 Å². The fraction of sp³-hybridized carbons (Fsp3) is 0.333. The number of aryl methyl sites for hydroxylation is 1. The minimum absolute atomic E-state index is 0.0568. The van der Waals surface area contributed by atoms with Crippen LogP contribution < -0.4 is 0 Å². The maximum atomic E-state index is 14.2. The number of alkyl halides is 3. The fourth-order valence-electron chi connectivity index (χ4n) is 4.13. The number of imidazole rings is 1. The van der Waals surface area contributed by atoms with E-state index in [1.165, 1.54) is 6.07 Å². The van der Waals surface area contributed by atoms with Crippen LogP contribution in [0.5, 0.6) is 0 Å². The van der Waals surface area contributed by atoms with Gasteiger partial charge in [0.25, 0.3) is 0 Å². The second-order valence-electron chi connectivity index (χ2n) is 7.21. The zero-order valence-corrected chi connectivity index (χ0v) is 15.7. The summed E-state index contributed by atoms with van der Waals surface area (Å²) >= 11 is 0. The van der Waals surface area contributed by atoms with Crippen LogP contribution in [0.15, 0.2) is 40.8 Å². The zero-order chi connectivity index (χ0) is 20.2. The van der Waals surface area contributed by atoms with Gasteiger partial charge in [-0.1, -0.05) is 12.1 Å². The second kappa shape index (κ2) is 6.59. The van der Waals surface area contributed by atoms with E-state index in [-0.39, 0.29) is 23.0 Å². The number of fused-ring (bicyclic) bond motifs is 2. The number of benzene rings is 2. The number of halogens is 3. The molecule has 2 aromatic heterocycles. The molecule has 1 fully saturated rings. The number of ether oxygens (including phenoxy) is 1. The number of oxazole rings is 1. The van der Waals surface area contributed by atoms with Gasteiger partial charge in [0, 0.05) is 19.3 Å². The molecule has 1 aliphatic rings. The minimum Gasteiger partial charge on any atom is -0.436 e. The molecular formula is C21H18F3N3O2. The molecule has 0 atom stereocenters. The molecule has 1 saturated heterocycles. The third kappa shape index (κ3) is 2.98. The van der Waals surface area contributed by atoms with Crippen LogP contribution in [0, 0.1) is 6.92 Å². The summed E-state index contributed by atoms with van der Waals surface area (Å²) in [6.45, 7) is 2.93. The SMILES string of the molecule is Cc1nc2c(C(F)(F)F)c(-c3nc4ccccc4o3)ccc2n1C1CCOCC1. The van der Waals surface area contributed by atoms with Crippen molar-refractivity contribution in [1.29, 1.82) is 0 Å². The van der Waals surface area contributed by atoms with Crippen molar-refractivity contribution >= 4 is 22.1 Å². The van der Waals surface area contributed by atoms with Gasteiger partial charge in [0.15, 0.2) is 5.58 Å². The van der Waals surface area contributed by atoms with Crippen molar-refractivity contribution in [3.63, 3.8) is 0 Å². The van der Waals surface area contributed by atoms with Gasteiger partial charge in [-0.2, -0.15) is 13.2 Å². The van der Waals surface area contributed by atoms with Crippen LogP contribution in [0.1, 0.15) is 30.3 Å². The lowest BCUT2D eigenvalue weighted by Gasteiger charge is -2.25. The highest BCUT2D eigenvalue weighted by Crippen LogP contribution is 2.43. The molecule has 8 heteroatoms. The normalized spacial score (nSPS) is 16.1. The Hall–Kier alpha value is -2.87. The molecule has 1 aliphatic heterocycles. The quantitative estimate of drug-likeness (QED) is 0.444. The standard InChI is InChI=1S/C21H18F3N3O2/c1-12-25-19-16(27(12)13-8-10-28-11-9-13)7-6-14(18(19)21(22,23)24)20-26-15-4-2-3-5-17(15)29-20/h2-7,13H,8-11H2,1H3. The Morgan fingerprint density at radius 3 is 2.52 bits per heavy atom. The number of rotatable bonds is 2. The van der Waals surface area contributed by atoms with Crippen molar-refractivity contribution in [3.8, 4) is 11.5 Å². The molecule has 0 N–H and O–H groups in total. The van der Waals surface area contributed by atoms with E-state index < -0.39 is 11.7 Å². The van der Waals surface area contributed by atoms with Gasteiger partial charge in [-0.3, -0.25) is 0 Å². The van der Waals surface area contributed by atoms with Gasteiger partial charge < -0.3 is 13.7 Å². The van der Waals surface area contributed by atoms with Crippen molar-refractivity contribution in [2.75, 3.05) is 13.2 Å². The summed E-state index contributed by atoms with van der Waals surface area (Å²) in [4.78, 5) is 8.59. The third-order valence-electron chi connectivity index (χ3n) is 5.40. The molecule has 0 unspecified atom stereocenters. The summed E-state index contributed by atoms with van der Waals surface area (Å²) in [6, 6.07) is 10.1. The van der Waals surface area contributed by atoms with Gasteiger partial charge in [0.05, 0.1) is 16.6 Å². The Balaban J connectivity index is 1.75. The Labute approximate surface area is 164 Å². The van der Waals surface area contributed by atoms with E-state index in [0.29, 0.717) is 35.7 Å². The third-order valence-corrected chi connectivity index (χ3v) is 5.40. The Kier molecular flexibility index (Phi) is 4.13. The van der Waals surface area contributed by atoms with Gasteiger partial charge in [0.2, 0.25) is 5.89 Å². The first-order chi connectivity index (χ1) is 13.9. The molecule has 5 rings (SSSR count). The van der Waals surface area contributed by atoms with Crippen LogP contribution in [0.25, 0.3) is 33.6 Å². The molecule has 29 heavy (non-hydrogen) atoms. The Morgan fingerprint density at radius 1 is 1.03 bits per heavy atom. The minimum atomic E-state index is -4.60. The van der Waals surface area contributed by atoms with Crippen molar-refractivity contribution < 1.29 is 22.3 Å². The predicted molar refractivity (Wildman–Crippen MR) is 102 cm³/mol. The highest BCUT2D eigenvalue weighted by Gasteiger charge is 2.39. The van der Waals surface area contributed by atoms with Crippen molar-refractivity contribution in [2.45, 2.75) is 32.0 Å². The molecule has 0 aliphatic carbocycles. The smallest absolute Gasteiger partial charge is 0.419 e. The molecule has 0 radical (unpaired) electrons. The average Bonchev–Trinajstić information content (AvgIpc) is 3.27. The molecule has 4 aromatic rings. The lowest BCUT2D eigenvalue weighted by atomic mass is 10.0. The highest BCUT2D eigenvalue weighted by molar-refractivity contribution is 5.88. The molecule has 5 nitrogen and oxygen atoms in total. The van der Waals surface area contributed by atoms with E-state index >= 15 is 0 Å². The van der Waals surface area contributed by atoms with Crippen LogP contribution in [0.4, 0.5) is 13.2 Å².